The molecule has 0 spiro atoms. The van der Waals surface area contributed by atoms with Crippen LogP contribution in [-0.2, 0) is 15.5 Å². The van der Waals surface area contributed by atoms with Crippen molar-refractivity contribution >= 4 is 16.9 Å². The summed E-state index contributed by atoms with van der Waals surface area (Å²) in [5.41, 5.74) is 0.300. The Morgan fingerprint density at radius 3 is 2.11 bits per heavy atom. The number of ether oxygens (including phenoxy) is 1. The van der Waals surface area contributed by atoms with E-state index in [2.05, 4.69) is 25.5 Å². The number of nitrogens with zero attached hydrogens (tertiary/aromatic N) is 1. The zero-order valence-corrected chi connectivity index (χ0v) is 12.7. The third-order valence-corrected chi connectivity index (χ3v) is 4.73. The molecule has 2 fully saturated rings. The van der Waals surface area contributed by atoms with E-state index in [1.807, 2.05) is 0 Å². The Morgan fingerprint density at radius 2 is 1.78 bits per heavy atom. The molecule has 0 radical (unpaired) electrons. The van der Waals surface area contributed by atoms with Crippen molar-refractivity contribution in [1.82, 2.24) is 4.90 Å². The van der Waals surface area contributed by atoms with E-state index in [1.54, 1.807) is 4.90 Å². The molecule has 5 heteroatoms. The zero-order valence-electron chi connectivity index (χ0n) is 11.9. The molecule has 0 bridgehead atoms. The van der Waals surface area contributed by atoms with Crippen LogP contribution in [0.4, 0.5) is 4.79 Å². The Labute approximate surface area is 113 Å². The van der Waals surface area contributed by atoms with Gasteiger partial charge in [0.1, 0.15) is 0 Å². The predicted molar refractivity (Wildman–Crippen MR) is 74.0 cm³/mol. The van der Waals surface area contributed by atoms with E-state index in [1.165, 1.54) is 20.0 Å². The topological polar surface area (TPSA) is 46.6 Å². The SMILES string of the molecule is CC1CCS(=O)CC1.COC(=O)N1CC(C)(C)C1. The maximum atomic E-state index is 10.8. The Morgan fingerprint density at radius 1 is 1.28 bits per heavy atom. The van der Waals surface area contributed by atoms with Crippen LogP contribution in [0.3, 0.4) is 0 Å². The average molecular weight is 275 g/mol. The molecule has 0 aromatic carbocycles. The van der Waals surface area contributed by atoms with Crippen molar-refractivity contribution in [3.63, 3.8) is 0 Å². The Hall–Kier alpha value is -0.580. The molecule has 0 aromatic rings. The molecule has 0 saturated carbocycles. The van der Waals surface area contributed by atoms with Gasteiger partial charge in [-0.3, -0.25) is 4.21 Å². The first kappa shape index (κ1) is 15.5. The van der Waals surface area contributed by atoms with Crippen molar-refractivity contribution in [1.29, 1.82) is 0 Å². The summed E-state index contributed by atoms with van der Waals surface area (Å²) in [6.45, 7) is 8.13. The predicted octanol–water partition coefficient (Wildman–Crippen LogP) is 2.26. The monoisotopic (exact) mass is 275 g/mol. The van der Waals surface area contributed by atoms with Gasteiger partial charge in [-0.1, -0.05) is 20.8 Å². The van der Waals surface area contributed by atoms with Gasteiger partial charge in [-0.2, -0.15) is 0 Å². The van der Waals surface area contributed by atoms with Gasteiger partial charge in [0, 0.05) is 40.8 Å². The molecule has 0 aliphatic carbocycles. The van der Waals surface area contributed by atoms with E-state index >= 15 is 0 Å². The number of rotatable bonds is 0. The van der Waals surface area contributed by atoms with Gasteiger partial charge in [0.25, 0.3) is 0 Å². The minimum absolute atomic E-state index is 0.209. The smallest absolute Gasteiger partial charge is 0.409 e. The van der Waals surface area contributed by atoms with Gasteiger partial charge in [0.2, 0.25) is 0 Å². The number of hydrogen-bond donors (Lipinski definition) is 0. The lowest BCUT2D eigenvalue weighted by Gasteiger charge is -2.44. The highest BCUT2D eigenvalue weighted by atomic mass is 32.2. The van der Waals surface area contributed by atoms with Crippen LogP contribution in [0.2, 0.25) is 0 Å². The van der Waals surface area contributed by atoms with Gasteiger partial charge >= 0.3 is 6.09 Å². The van der Waals surface area contributed by atoms with Crippen molar-refractivity contribution in [3.05, 3.63) is 0 Å². The summed E-state index contributed by atoms with van der Waals surface area (Å²) in [7, 11) is 0.949. The average Bonchev–Trinajstić information content (AvgIpc) is 2.29. The third-order valence-electron chi connectivity index (χ3n) is 3.35. The fourth-order valence-corrected chi connectivity index (χ4v) is 3.69. The van der Waals surface area contributed by atoms with Crippen molar-refractivity contribution in [2.24, 2.45) is 11.3 Å². The third kappa shape index (κ3) is 4.96. The van der Waals surface area contributed by atoms with E-state index < -0.39 is 10.8 Å². The number of amides is 1. The number of likely N-dealkylation sites (tertiary alicyclic amines) is 1. The van der Waals surface area contributed by atoms with Gasteiger partial charge < -0.3 is 9.64 Å². The van der Waals surface area contributed by atoms with Gasteiger partial charge in [0.05, 0.1) is 7.11 Å². The summed E-state index contributed by atoms with van der Waals surface area (Å²) in [5.74, 6) is 2.72. The second kappa shape index (κ2) is 6.55. The van der Waals surface area contributed by atoms with Crippen LogP contribution >= 0.6 is 0 Å². The van der Waals surface area contributed by atoms with Gasteiger partial charge in [-0.05, 0) is 18.8 Å². The number of carbonyl (C=O) groups excluding carboxylic acids is 1. The molecular formula is C13H25NO3S. The van der Waals surface area contributed by atoms with Crippen LogP contribution in [0.25, 0.3) is 0 Å². The molecule has 1 amide bonds. The molecule has 0 aromatic heterocycles. The molecule has 2 aliphatic rings. The number of hydrogen-bond acceptors (Lipinski definition) is 3. The molecule has 2 saturated heterocycles. The lowest BCUT2D eigenvalue weighted by molar-refractivity contribution is 0.0261. The van der Waals surface area contributed by atoms with Crippen molar-refractivity contribution in [3.8, 4) is 0 Å². The molecule has 2 aliphatic heterocycles. The quantitative estimate of drug-likeness (QED) is 0.681. The van der Waals surface area contributed by atoms with E-state index in [0.717, 1.165) is 30.5 Å². The lowest BCUT2D eigenvalue weighted by atomic mass is 9.85. The molecular weight excluding hydrogens is 250 g/mol. The number of carbonyl (C=O) groups is 1. The van der Waals surface area contributed by atoms with Gasteiger partial charge in [-0.15, -0.1) is 0 Å². The first-order valence-electron chi connectivity index (χ1n) is 6.52. The second-order valence-corrected chi connectivity index (χ2v) is 7.72. The molecule has 0 atom stereocenters. The van der Waals surface area contributed by atoms with E-state index in [9.17, 15) is 9.00 Å². The second-order valence-electron chi connectivity index (χ2n) is 6.02. The molecule has 18 heavy (non-hydrogen) atoms. The van der Waals surface area contributed by atoms with Crippen LogP contribution in [-0.4, -0.2) is 46.9 Å². The summed E-state index contributed by atoms with van der Waals surface area (Å²) in [4.78, 5) is 12.5. The van der Waals surface area contributed by atoms with E-state index in [4.69, 9.17) is 0 Å². The first-order valence-corrected chi connectivity index (χ1v) is 8.01. The summed E-state index contributed by atoms with van der Waals surface area (Å²) >= 11 is 0. The zero-order chi connectivity index (χ0) is 13.8. The standard InChI is InChI=1S/C7H13NO2.C6H12OS/c1-7(2)4-8(5-7)6(9)10-3;1-6-2-4-8(7)5-3-6/h4-5H2,1-3H3;6H,2-5H2,1H3. The highest BCUT2D eigenvalue weighted by molar-refractivity contribution is 7.85. The van der Waals surface area contributed by atoms with Crippen LogP contribution in [0.5, 0.6) is 0 Å². The molecule has 106 valence electrons. The molecule has 2 heterocycles. The molecule has 0 unspecified atom stereocenters. The fourth-order valence-electron chi connectivity index (χ4n) is 2.16. The van der Waals surface area contributed by atoms with Crippen molar-refractivity contribution < 1.29 is 13.7 Å². The van der Waals surface area contributed by atoms with E-state index in [-0.39, 0.29) is 6.09 Å². The minimum atomic E-state index is -0.461. The maximum absolute atomic E-state index is 10.8. The first-order chi connectivity index (χ1) is 8.34. The molecule has 0 N–H and O–H groups in total. The Kier molecular flexibility index (Phi) is 5.63. The van der Waals surface area contributed by atoms with E-state index in [0.29, 0.717) is 5.41 Å². The van der Waals surface area contributed by atoms with Crippen LogP contribution in [0.15, 0.2) is 0 Å². The Balaban J connectivity index is 0.000000184. The van der Waals surface area contributed by atoms with Crippen LogP contribution in [0.1, 0.15) is 33.6 Å². The summed E-state index contributed by atoms with van der Waals surface area (Å²) in [6.07, 6.45) is 2.14. The van der Waals surface area contributed by atoms with Crippen LogP contribution < -0.4 is 0 Å². The van der Waals surface area contributed by atoms with Gasteiger partial charge in [-0.25, -0.2) is 4.79 Å². The maximum Gasteiger partial charge on any atom is 0.409 e. The molecule has 4 nitrogen and oxygen atoms in total. The number of methoxy groups -OCH3 is 1. The summed E-state index contributed by atoms with van der Waals surface area (Å²) in [5, 5.41) is 0. The Bertz CT molecular complexity index is 299. The minimum Gasteiger partial charge on any atom is -0.453 e. The fraction of sp³-hybridized carbons (Fsp3) is 0.923. The lowest BCUT2D eigenvalue weighted by Crippen LogP contribution is -2.55. The van der Waals surface area contributed by atoms with Crippen molar-refractivity contribution in [2.75, 3.05) is 31.7 Å². The van der Waals surface area contributed by atoms with Gasteiger partial charge in [0.15, 0.2) is 0 Å². The summed E-state index contributed by atoms with van der Waals surface area (Å²) < 4.78 is 15.3. The van der Waals surface area contributed by atoms with Crippen LogP contribution in [0, 0.1) is 11.3 Å². The highest BCUT2D eigenvalue weighted by Gasteiger charge is 2.37. The highest BCUT2D eigenvalue weighted by Crippen LogP contribution is 2.28. The largest absolute Gasteiger partial charge is 0.453 e. The normalized spacial score (nSPS) is 29.7. The summed E-state index contributed by atoms with van der Waals surface area (Å²) in [6, 6.07) is 0. The van der Waals surface area contributed by atoms with Crippen molar-refractivity contribution in [2.45, 2.75) is 33.6 Å². The molecule has 2 rings (SSSR count).